The van der Waals surface area contributed by atoms with Crippen molar-refractivity contribution >= 4 is 27.7 Å². The van der Waals surface area contributed by atoms with Gasteiger partial charge in [0.25, 0.3) is 5.69 Å². The number of nitro groups is 1. The molecular weight excluding hydrogens is 510 g/mol. The number of carboxylic acid groups (broad SMARTS) is 1. The van der Waals surface area contributed by atoms with E-state index in [1.807, 2.05) is 0 Å². The maximum absolute atomic E-state index is 12.3. The Labute approximate surface area is 212 Å². The molecular formula is C22H25N5O9S. The lowest BCUT2D eigenvalue weighted by molar-refractivity contribution is -0.387. The Bertz CT molecular complexity index is 1280. The Balaban J connectivity index is 1.93. The molecule has 0 fully saturated rings. The van der Waals surface area contributed by atoms with E-state index >= 15 is 0 Å². The van der Waals surface area contributed by atoms with Crippen molar-refractivity contribution in [1.82, 2.24) is 5.32 Å². The van der Waals surface area contributed by atoms with Gasteiger partial charge >= 0.3 is 16.1 Å². The van der Waals surface area contributed by atoms with Gasteiger partial charge in [0.15, 0.2) is 4.90 Å². The summed E-state index contributed by atoms with van der Waals surface area (Å²) in [5.74, 6) is -1.97. The molecule has 0 spiro atoms. The van der Waals surface area contributed by atoms with E-state index in [1.165, 1.54) is 24.3 Å². The lowest BCUT2D eigenvalue weighted by atomic mass is 10.0. The second-order valence-electron chi connectivity index (χ2n) is 7.99. The van der Waals surface area contributed by atoms with Gasteiger partial charge in [-0.1, -0.05) is 43.2 Å². The second kappa shape index (κ2) is 13.2. The number of nitro benzene ring substituents is 1. The highest BCUT2D eigenvalue weighted by Gasteiger charge is 2.27. The zero-order valence-electron chi connectivity index (χ0n) is 19.9. The van der Waals surface area contributed by atoms with Gasteiger partial charge in [0.1, 0.15) is 31.0 Å². The zero-order chi connectivity index (χ0) is 27.6. The minimum atomic E-state index is -4.38. The van der Waals surface area contributed by atoms with Gasteiger partial charge in [-0.15, -0.1) is 0 Å². The lowest BCUT2D eigenvalue weighted by Gasteiger charge is -2.19. The summed E-state index contributed by atoms with van der Waals surface area (Å²) in [6.45, 7) is 2.73. The molecule has 15 heteroatoms. The molecule has 1 amide bonds. The summed E-state index contributed by atoms with van der Waals surface area (Å²) in [5, 5.41) is 26.3. The van der Waals surface area contributed by atoms with Crippen LogP contribution >= 0.6 is 0 Å². The molecule has 2 N–H and O–H groups in total. The van der Waals surface area contributed by atoms with Gasteiger partial charge < -0.3 is 15.2 Å². The third kappa shape index (κ3) is 8.45. The highest BCUT2D eigenvalue weighted by atomic mass is 32.2. The zero-order valence-corrected chi connectivity index (χ0v) is 20.7. The topological polar surface area (TPSA) is 211 Å². The standard InChI is InChI=1S/C22H25N5O9S/c1-14(2)20(25-26-23)21(28)24-17(22(29)30)13-15-7-9-16(10-8-15)35-11-12-36-37(33,34)19-6-4-3-5-18(19)27(31)32/h3-10,14,17,20H,11-13H2,1-2H3,(H,24,28)(H,29,30)/t17?,20-/m0/s1. The third-order valence-corrected chi connectivity index (χ3v) is 6.34. The van der Waals surface area contributed by atoms with E-state index in [9.17, 15) is 33.2 Å². The minimum Gasteiger partial charge on any atom is -0.491 e. The molecule has 0 aliphatic heterocycles. The summed E-state index contributed by atoms with van der Waals surface area (Å²) < 4.78 is 34.8. The molecule has 0 bridgehead atoms. The van der Waals surface area contributed by atoms with Crippen LogP contribution in [-0.2, 0) is 30.3 Å². The number of aliphatic carboxylic acids is 1. The predicted molar refractivity (Wildman–Crippen MR) is 129 cm³/mol. The Kier molecular flexibility index (Phi) is 10.4. The van der Waals surface area contributed by atoms with Crippen LogP contribution in [0.15, 0.2) is 58.5 Å². The smallest absolute Gasteiger partial charge is 0.326 e. The van der Waals surface area contributed by atoms with E-state index in [-0.39, 0.29) is 18.9 Å². The molecule has 2 aromatic carbocycles. The van der Waals surface area contributed by atoms with Crippen molar-refractivity contribution < 1.29 is 37.0 Å². The number of rotatable bonds is 14. The Hall–Kier alpha value is -4.20. The molecule has 0 aliphatic rings. The van der Waals surface area contributed by atoms with E-state index in [1.54, 1.807) is 26.0 Å². The van der Waals surface area contributed by atoms with Gasteiger partial charge in [0.05, 0.1) is 4.92 Å². The molecule has 198 valence electrons. The van der Waals surface area contributed by atoms with Crippen LogP contribution in [-0.4, -0.2) is 55.6 Å². The Morgan fingerprint density at radius 2 is 1.81 bits per heavy atom. The first-order valence-electron chi connectivity index (χ1n) is 10.9. The molecule has 0 aromatic heterocycles. The fourth-order valence-electron chi connectivity index (χ4n) is 3.14. The number of carbonyl (C=O) groups excluding carboxylic acids is 1. The number of benzene rings is 2. The van der Waals surface area contributed by atoms with E-state index in [0.29, 0.717) is 11.3 Å². The van der Waals surface area contributed by atoms with Crippen LogP contribution in [0.4, 0.5) is 5.69 Å². The molecule has 0 saturated heterocycles. The Morgan fingerprint density at radius 3 is 2.38 bits per heavy atom. The van der Waals surface area contributed by atoms with Gasteiger partial charge in [-0.05, 0) is 35.2 Å². The lowest BCUT2D eigenvalue weighted by Crippen LogP contribution is -2.47. The van der Waals surface area contributed by atoms with Crippen molar-refractivity contribution in [3.05, 3.63) is 74.7 Å². The normalized spacial score (nSPS) is 12.7. The van der Waals surface area contributed by atoms with Crippen molar-refractivity contribution in [3.8, 4) is 5.75 Å². The van der Waals surface area contributed by atoms with E-state index in [4.69, 9.17) is 14.5 Å². The first kappa shape index (κ1) is 29.0. The summed E-state index contributed by atoms with van der Waals surface area (Å²) in [6, 6.07) is 8.64. The first-order chi connectivity index (χ1) is 17.5. The highest BCUT2D eigenvalue weighted by molar-refractivity contribution is 7.87. The van der Waals surface area contributed by atoms with Crippen LogP contribution in [0.25, 0.3) is 10.4 Å². The number of ether oxygens (including phenoxy) is 1. The number of hydrogen-bond acceptors (Lipinski definition) is 9. The van der Waals surface area contributed by atoms with Crippen LogP contribution in [0.1, 0.15) is 19.4 Å². The molecule has 0 aliphatic carbocycles. The fourth-order valence-corrected chi connectivity index (χ4v) is 4.20. The van der Waals surface area contributed by atoms with Crippen molar-refractivity contribution in [2.75, 3.05) is 13.2 Å². The van der Waals surface area contributed by atoms with Gasteiger partial charge in [-0.2, -0.15) is 8.42 Å². The van der Waals surface area contributed by atoms with Crippen LogP contribution in [0.2, 0.25) is 0 Å². The van der Waals surface area contributed by atoms with E-state index in [2.05, 4.69) is 15.3 Å². The largest absolute Gasteiger partial charge is 0.491 e. The maximum Gasteiger partial charge on any atom is 0.326 e. The van der Waals surface area contributed by atoms with E-state index in [0.717, 1.165) is 12.1 Å². The summed E-state index contributed by atoms with van der Waals surface area (Å²) in [7, 11) is -4.38. The fraction of sp³-hybridized carbons (Fsp3) is 0.364. The number of amides is 1. The van der Waals surface area contributed by atoms with Crippen molar-refractivity contribution in [1.29, 1.82) is 0 Å². The minimum absolute atomic E-state index is 0.0559. The van der Waals surface area contributed by atoms with Crippen LogP contribution in [0, 0.1) is 16.0 Å². The number of nitrogens with zero attached hydrogens (tertiary/aromatic N) is 4. The van der Waals surface area contributed by atoms with Crippen molar-refractivity contribution in [2.24, 2.45) is 11.0 Å². The SMILES string of the molecule is CC(C)[C@H](N=[N+]=[N-])C(=O)NC(Cc1ccc(OCCOS(=O)(=O)c2ccccc2[N+](=O)[O-])cc1)C(=O)O. The summed E-state index contributed by atoms with van der Waals surface area (Å²) in [6.07, 6.45) is -0.0559. The van der Waals surface area contributed by atoms with Gasteiger partial charge in [0.2, 0.25) is 5.91 Å². The average Bonchev–Trinajstić information content (AvgIpc) is 2.85. The number of azide groups is 1. The summed E-state index contributed by atoms with van der Waals surface area (Å²) >= 11 is 0. The molecule has 1 unspecified atom stereocenters. The van der Waals surface area contributed by atoms with Gasteiger partial charge in [-0.3, -0.25) is 19.1 Å². The monoisotopic (exact) mass is 535 g/mol. The van der Waals surface area contributed by atoms with E-state index < -0.39 is 56.2 Å². The molecule has 0 heterocycles. The quantitative estimate of drug-likeness (QED) is 0.0691. The van der Waals surface area contributed by atoms with Crippen LogP contribution in [0.5, 0.6) is 5.75 Å². The van der Waals surface area contributed by atoms with Gasteiger partial charge in [-0.25, -0.2) is 4.79 Å². The van der Waals surface area contributed by atoms with Crippen molar-refractivity contribution in [3.63, 3.8) is 0 Å². The summed E-state index contributed by atoms with van der Waals surface area (Å²) in [4.78, 5) is 36.3. The Morgan fingerprint density at radius 1 is 1.16 bits per heavy atom. The number of carboxylic acids is 1. The first-order valence-corrected chi connectivity index (χ1v) is 12.3. The number of hydrogen-bond donors (Lipinski definition) is 2. The number of nitrogens with one attached hydrogen (secondary N) is 1. The second-order valence-corrected chi connectivity index (χ2v) is 9.57. The molecule has 0 radical (unpaired) electrons. The average molecular weight is 536 g/mol. The molecule has 2 atom stereocenters. The molecule has 0 saturated carbocycles. The molecule has 37 heavy (non-hydrogen) atoms. The molecule has 2 rings (SSSR count). The number of carbonyl (C=O) groups is 2. The van der Waals surface area contributed by atoms with Crippen LogP contribution in [0.3, 0.4) is 0 Å². The maximum atomic E-state index is 12.3. The molecule has 14 nitrogen and oxygen atoms in total. The van der Waals surface area contributed by atoms with Crippen molar-refractivity contribution in [2.45, 2.75) is 37.2 Å². The highest BCUT2D eigenvalue weighted by Crippen LogP contribution is 2.24. The number of para-hydroxylation sites is 1. The summed E-state index contributed by atoms with van der Waals surface area (Å²) in [5.41, 5.74) is 8.58. The van der Waals surface area contributed by atoms with Crippen LogP contribution < -0.4 is 10.1 Å². The third-order valence-electron chi connectivity index (χ3n) is 4.98. The molecule has 2 aromatic rings. The van der Waals surface area contributed by atoms with Gasteiger partial charge in [0, 0.05) is 17.4 Å². The predicted octanol–water partition coefficient (Wildman–Crippen LogP) is 2.83.